The molecule has 7 heteroatoms. The molecule has 0 fully saturated rings. The number of benzene rings is 1. The highest BCUT2D eigenvalue weighted by molar-refractivity contribution is 6.12. The molecule has 0 bridgehead atoms. The van der Waals surface area contributed by atoms with Crippen LogP contribution >= 0.6 is 0 Å². The van der Waals surface area contributed by atoms with Crippen LogP contribution in [0.2, 0.25) is 0 Å². The second-order valence-corrected chi connectivity index (χ2v) is 4.64. The predicted molar refractivity (Wildman–Crippen MR) is 78.0 cm³/mol. The lowest BCUT2D eigenvalue weighted by Crippen LogP contribution is -2.17. The van der Waals surface area contributed by atoms with Gasteiger partial charge in [0, 0.05) is 11.8 Å². The minimum Gasteiger partial charge on any atom is -0.324 e. The van der Waals surface area contributed by atoms with Crippen molar-refractivity contribution in [1.29, 1.82) is 0 Å². The minimum absolute atomic E-state index is 0.00719. The third-order valence-corrected chi connectivity index (χ3v) is 3.31. The summed E-state index contributed by atoms with van der Waals surface area (Å²) in [5.41, 5.74) is 1.21. The quantitative estimate of drug-likeness (QED) is 0.724. The number of hydrogen-bond acceptors (Lipinski definition) is 4. The van der Waals surface area contributed by atoms with Crippen molar-refractivity contribution in [3.8, 4) is 11.3 Å². The summed E-state index contributed by atoms with van der Waals surface area (Å²) in [5, 5.41) is 9.53. The van der Waals surface area contributed by atoms with Crippen LogP contribution in [-0.2, 0) is 0 Å². The second-order valence-electron chi connectivity index (χ2n) is 4.64. The molecule has 0 unspecified atom stereocenters. The summed E-state index contributed by atoms with van der Waals surface area (Å²) in [6, 6.07) is 5.37. The van der Waals surface area contributed by atoms with Crippen LogP contribution in [0, 0.1) is 11.6 Å². The molecule has 0 saturated carbocycles. The third-order valence-electron chi connectivity index (χ3n) is 3.31. The number of fused-ring (bicyclic) bond motifs is 3. The highest BCUT2D eigenvalue weighted by Crippen LogP contribution is 2.35. The lowest BCUT2D eigenvalue weighted by molar-refractivity contribution is 0.579. The van der Waals surface area contributed by atoms with Crippen molar-refractivity contribution in [3.63, 3.8) is 0 Å². The molecule has 108 valence electrons. The largest absolute Gasteiger partial charge is 0.324 e. The number of hydrogen-bond donors (Lipinski definition) is 2. The highest BCUT2D eigenvalue weighted by Gasteiger charge is 2.22. The van der Waals surface area contributed by atoms with Crippen LogP contribution in [0.15, 0.2) is 47.7 Å². The standard InChI is InChI=1S/C15H9F2N5/c16-9-4-1-5-10(17)12(9)15-20-11-7-19-22-13(11)8-3-2-6-18-14(8)21-15/h1-7H,(H,19,22)(H,18,20,21)/i2D. The van der Waals surface area contributed by atoms with E-state index in [2.05, 4.69) is 25.5 Å². The lowest BCUT2D eigenvalue weighted by atomic mass is 10.1. The van der Waals surface area contributed by atoms with Crippen molar-refractivity contribution in [2.24, 2.45) is 4.99 Å². The summed E-state index contributed by atoms with van der Waals surface area (Å²) >= 11 is 0. The van der Waals surface area contributed by atoms with Gasteiger partial charge in [0.1, 0.15) is 29.0 Å². The zero-order valence-electron chi connectivity index (χ0n) is 12.1. The first-order chi connectivity index (χ1) is 11.1. The second kappa shape index (κ2) is 4.73. The Morgan fingerprint density at radius 3 is 2.77 bits per heavy atom. The van der Waals surface area contributed by atoms with E-state index in [-0.39, 0.29) is 17.4 Å². The fourth-order valence-corrected chi connectivity index (χ4v) is 2.32. The number of aromatic amines is 1. The lowest BCUT2D eigenvalue weighted by Gasteiger charge is -2.10. The SMILES string of the molecule is [2H]c1cnc2c(c1)-c1[nH]ncc1N=C(c1c(F)cccc1F)N2. The number of aliphatic imine (C=N–C) groups is 1. The molecule has 3 aromatic rings. The number of halogens is 2. The average molecular weight is 298 g/mol. The number of amidine groups is 1. The number of nitrogens with one attached hydrogen (secondary N) is 2. The molecule has 0 atom stereocenters. The van der Waals surface area contributed by atoms with E-state index in [0.717, 1.165) is 12.1 Å². The van der Waals surface area contributed by atoms with E-state index in [0.29, 0.717) is 22.8 Å². The zero-order valence-corrected chi connectivity index (χ0v) is 11.1. The van der Waals surface area contributed by atoms with Crippen LogP contribution in [0.5, 0.6) is 0 Å². The van der Waals surface area contributed by atoms with Gasteiger partial charge in [-0.25, -0.2) is 18.8 Å². The molecule has 0 spiro atoms. The first-order valence-corrected chi connectivity index (χ1v) is 6.44. The number of rotatable bonds is 1. The molecule has 1 aromatic carbocycles. The van der Waals surface area contributed by atoms with E-state index in [1.807, 2.05) is 0 Å². The number of aromatic nitrogens is 3. The van der Waals surface area contributed by atoms with Gasteiger partial charge in [0.25, 0.3) is 0 Å². The maximum atomic E-state index is 14.1. The molecule has 3 heterocycles. The van der Waals surface area contributed by atoms with E-state index < -0.39 is 11.6 Å². The Hall–Kier alpha value is -3.09. The molecule has 2 aromatic heterocycles. The van der Waals surface area contributed by atoms with Gasteiger partial charge in [-0.2, -0.15) is 5.10 Å². The summed E-state index contributed by atoms with van der Waals surface area (Å²) < 4.78 is 35.9. The Morgan fingerprint density at radius 2 is 1.95 bits per heavy atom. The fourth-order valence-electron chi connectivity index (χ4n) is 2.32. The van der Waals surface area contributed by atoms with Gasteiger partial charge in [0.05, 0.1) is 18.8 Å². The Labute approximate surface area is 125 Å². The van der Waals surface area contributed by atoms with Crippen molar-refractivity contribution in [2.75, 3.05) is 5.32 Å². The van der Waals surface area contributed by atoms with Gasteiger partial charge in [-0.3, -0.25) is 5.10 Å². The summed E-state index contributed by atoms with van der Waals surface area (Å²) in [5.74, 6) is -1.14. The number of nitrogens with zero attached hydrogens (tertiary/aromatic N) is 3. The van der Waals surface area contributed by atoms with Crippen LogP contribution in [-0.4, -0.2) is 21.0 Å². The topological polar surface area (TPSA) is 66.0 Å². The maximum absolute atomic E-state index is 14.1. The molecule has 4 rings (SSSR count). The maximum Gasteiger partial charge on any atom is 0.145 e. The smallest absolute Gasteiger partial charge is 0.145 e. The molecule has 0 radical (unpaired) electrons. The molecule has 2 N–H and O–H groups in total. The molecular weight excluding hydrogens is 288 g/mol. The van der Waals surface area contributed by atoms with Crippen molar-refractivity contribution >= 4 is 17.3 Å². The van der Waals surface area contributed by atoms with Crippen LogP contribution in [0.4, 0.5) is 20.3 Å². The third kappa shape index (κ3) is 1.86. The van der Waals surface area contributed by atoms with E-state index >= 15 is 0 Å². The van der Waals surface area contributed by atoms with Crippen LogP contribution in [0.25, 0.3) is 11.3 Å². The summed E-state index contributed by atoms with van der Waals surface area (Å²) in [6.07, 6.45) is 2.78. The Kier molecular flexibility index (Phi) is 2.48. The molecule has 22 heavy (non-hydrogen) atoms. The van der Waals surface area contributed by atoms with E-state index in [9.17, 15) is 8.78 Å². The number of H-pyrrole nitrogens is 1. The van der Waals surface area contributed by atoms with Crippen molar-refractivity contribution in [3.05, 3.63) is 59.9 Å². The van der Waals surface area contributed by atoms with Crippen molar-refractivity contribution in [1.82, 2.24) is 15.2 Å². The molecule has 0 amide bonds. The summed E-state index contributed by atoms with van der Waals surface area (Å²) in [7, 11) is 0. The van der Waals surface area contributed by atoms with Gasteiger partial charge in [-0.1, -0.05) is 6.07 Å². The Morgan fingerprint density at radius 1 is 1.14 bits per heavy atom. The van der Waals surface area contributed by atoms with Crippen molar-refractivity contribution in [2.45, 2.75) is 0 Å². The first kappa shape index (κ1) is 11.6. The van der Waals surface area contributed by atoms with E-state index in [4.69, 9.17) is 1.37 Å². The summed E-state index contributed by atoms with van der Waals surface area (Å²) in [6.45, 7) is 0. The molecule has 0 aliphatic carbocycles. The summed E-state index contributed by atoms with van der Waals surface area (Å²) in [4.78, 5) is 8.39. The highest BCUT2D eigenvalue weighted by atomic mass is 19.1. The van der Waals surface area contributed by atoms with E-state index in [1.165, 1.54) is 18.5 Å². The molecule has 1 aliphatic rings. The van der Waals surface area contributed by atoms with Crippen LogP contribution < -0.4 is 5.32 Å². The zero-order chi connectivity index (χ0) is 16.0. The van der Waals surface area contributed by atoms with Gasteiger partial charge < -0.3 is 5.32 Å². The fraction of sp³-hybridized carbons (Fsp3) is 0. The Balaban J connectivity index is 1.97. The first-order valence-electron chi connectivity index (χ1n) is 6.94. The predicted octanol–water partition coefficient (Wildman–Crippen LogP) is 3.25. The minimum atomic E-state index is -0.734. The normalized spacial score (nSPS) is 13.4. The Bertz CT molecular complexity index is 931. The molecular formula is C15H9F2N5. The monoisotopic (exact) mass is 298 g/mol. The van der Waals surface area contributed by atoms with Gasteiger partial charge in [0.15, 0.2) is 0 Å². The number of anilines is 1. The van der Waals surface area contributed by atoms with Gasteiger partial charge in [-0.05, 0) is 24.2 Å². The molecule has 0 saturated heterocycles. The van der Waals surface area contributed by atoms with Gasteiger partial charge in [-0.15, -0.1) is 0 Å². The van der Waals surface area contributed by atoms with Gasteiger partial charge in [0.2, 0.25) is 0 Å². The van der Waals surface area contributed by atoms with Crippen LogP contribution in [0.1, 0.15) is 6.93 Å². The van der Waals surface area contributed by atoms with Crippen LogP contribution in [0.3, 0.4) is 0 Å². The van der Waals surface area contributed by atoms with E-state index in [1.54, 1.807) is 6.07 Å². The van der Waals surface area contributed by atoms with Gasteiger partial charge >= 0.3 is 0 Å². The molecule has 1 aliphatic heterocycles. The van der Waals surface area contributed by atoms with Crippen molar-refractivity contribution < 1.29 is 10.2 Å². The molecule has 5 nitrogen and oxygen atoms in total. The average Bonchev–Trinajstić information content (AvgIpc) is 2.91. The number of pyridine rings is 1.